The van der Waals surface area contributed by atoms with Crippen molar-refractivity contribution in [2.24, 2.45) is 0 Å². The molecule has 0 aliphatic carbocycles. The van der Waals surface area contributed by atoms with E-state index in [-0.39, 0.29) is 36.2 Å². The number of rotatable bonds is 8. The topological polar surface area (TPSA) is 74.9 Å². The van der Waals surface area contributed by atoms with Gasteiger partial charge in [-0.3, -0.25) is 4.90 Å². The summed E-state index contributed by atoms with van der Waals surface area (Å²) >= 11 is 0. The molecule has 0 atom stereocenters. The number of nitrogens with zero attached hydrogens (tertiary/aromatic N) is 1. The van der Waals surface area contributed by atoms with E-state index in [2.05, 4.69) is 10.2 Å². The number of nitrogens with one attached hydrogen (secondary N) is 1. The van der Waals surface area contributed by atoms with E-state index < -0.39 is 0 Å². The fourth-order valence-corrected chi connectivity index (χ4v) is 4.14. The molecule has 0 radical (unpaired) electrons. The van der Waals surface area contributed by atoms with Crippen LogP contribution in [0.3, 0.4) is 0 Å². The molecule has 0 saturated carbocycles. The van der Waals surface area contributed by atoms with Crippen LogP contribution in [-0.2, 0) is 17.7 Å². The fourth-order valence-electron chi connectivity index (χ4n) is 4.14. The summed E-state index contributed by atoms with van der Waals surface area (Å²) in [6.45, 7) is 7.84. The molecule has 8 heteroatoms. The van der Waals surface area contributed by atoms with Gasteiger partial charge in [-0.15, -0.1) is 24.8 Å². The van der Waals surface area contributed by atoms with E-state index in [1.807, 2.05) is 43.3 Å². The van der Waals surface area contributed by atoms with Crippen LogP contribution >= 0.6 is 24.8 Å². The maximum atomic E-state index is 12.8. The second-order valence-electron chi connectivity index (χ2n) is 8.08. The number of fused-ring (bicyclic) bond motifs is 1. The number of ether oxygens (including phenoxy) is 1. The molecule has 33 heavy (non-hydrogen) atoms. The molecule has 0 amide bonds. The highest BCUT2D eigenvalue weighted by atomic mass is 35.5. The van der Waals surface area contributed by atoms with E-state index in [0.29, 0.717) is 29.7 Å². The van der Waals surface area contributed by atoms with Crippen molar-refractivity contribution < 1.29 is 14.3 Å². The molecule has 4 rings (SSSR count). The molecule has 1 saturated heterocycles. The second kappa shape index (κ2) is 13.0. The third kappa shape index (κ3) is 6.71. The average molecular weight is 495 g/mol. The minimum Gasteiger partial charge on any atom is -0.507 e. The zero-order valence-electron chi connectivity index (χ0n) is 18.8. The van der Waals surface area contributed by atoms with Gasteiger partial charge < -0.3 is 19.6 Å². The van der Waals surface area contributed by atoms with Gasteiger partial charge in [-0.1, -0.05) is 30.3 Å². The number of phenolic OH excluding ortho intramolecular Hbond substituents is 1. The van der Waals surface area contributed by atoms with Gasteiger partial charge in [0.15, 0.2) is 0 Å². The maximum absolute atomic E-state index is 12.8. The number of phenols is 1. The van der Waals surface area contributed by atoms with Gasteiger partial charge in [0.25, 0.3) is 0 Å². The molecule has 6 nitrogen and oxygen atoms in total. The standard InChI is InChI=1S/C25H30N2O4.2ClH/c1-18-20-8-9-23(28)22(17-26-10-5-11-27-12-14-30-15-13-27)24(20)31-25(29)21(18)16-19-6-3-2-4-7-19;;/h2-4,6-9,26,28H,5,10-17H2,1H3;2*1H. The van der Waals surface area contributed by atoms with Crippen LogP contribution in [0.1, 0.15) is 28.7 Å². The molecular formula is C25H32Cl2N2O4. The van der Waals surface area contributed by atoms with E-state index in [9.17, 15) is 9.90 Å². The van der Waals surface area contributed by atoms with Gasteiger partial charge in [-0.05, 0) is 49.7 Å². The third-order valence-electron chi connectivity index (χ3n) is 5.99. The molecule has 3 aromatic rings. The van der Waals surface area contributed by atoms with Crippen LogP contribution in [0.5, 0.6) is 5.75 Å². The Bertz CT molecular complexity index is 1080. The number of hydrogen-bond acceptors (Lipinski definition) is 6. The van der Waals surface area contributed by atoms with Crippen LogP contribution in [0.4, 0.5) is 0 Å². The van der Waals surface area contributed by atoms with Gasteiger partial charge in [0.1, 0.15) is 11.3 Å². The van der Waals surface area contributed by atoms with E-state index in [4.69, 9.17) is 9.15 Å². The first-order chi connectivity index (χ1) is 15.1. The van der Waals surface area contributed by atoms with Crippen molar-refractivity contribution in [2.75, 3.05) is 39.4 Å². The molecule has 2 aromatic carbocycles. The number of aromatic hydroxyl groups is 1. The fraction of sp³-hybridized carbons (Fsp3) is 0.400. The van der Waals surface area contributed by atoms with E-state index in [1.54, 1.807) is 6.07 Å². The van der Waals surface area contributed by atoms with Crippen molar-refractivity contribution >= 4 is 35.8 Å². The second-order valence-corrected chi connectivity index (χ2v) is 8.08. The highest BCUT2D eigenvalue weighted by molar-refractivity contribution is 5.86. The highest BCUT2D eigenvalue weighted by Crippen LogP contribution is 2.30. The predicted molar refractivity (Wildman–Crippen MR) is 136 cm³/mol. The van der Waals surface area contributed by atoms with Gasteiger partial charge >= 0.3 is 5.63 Å². The molecule has 0 bridgehead atoms. The van der Waals surface area contributed by atoms with Gasteiger partial charge in [0, 0.05) is 37.0 Å². The quantitative estimate of drug-likeness (QED) is 0.363. The zero-order chi connectivity index (χ0) is 21.6. The summed E-state index contributed by atoms with van der Waals surface area (Å²) in [4.78, 5) is 15.2. The van der Waals surface area contributed by atoms with Gasteiger partial charge in [-0.25, -0.2) is 4.79 Å². The molecule has 1 fully saturated rings. The number of halogens is 2. The van der Waals surface area contributed by atoms with Crippen LogP contribution in [0.15, 0.2) is 51.7 Å². The van der Waals surface area contributed by atoms with Gasteiger partial charge in [0.2, 0.25) is 0 Å². The minimum atomic E-state index is -0.340. The summed E-state index contributed by atoms with van der Waals surface area (Å²) in [6.07, 6.45) is 1.54. The first-order valence-corrected chi connectivity index (χ1v) is 11.0. The molecular weight excluding hydrogens is 463 g/mol. The van der Waals surface area contributed by atoms with Crippen molar-refractivity contribution in [3.63, 3.8) is 0 Å². The van der Waals surface area contributed by atoms with Crippen LogP contribution < -0.4 is 10.9 Å². The summed E-state index contributed by atoms with van der Waals surface area (Å²) in [5.41, 5.74) is 3.40. The Hall–Kier alpha value is -2.09. The Balaban J connectivity index is 0.00000193. The zero-order valence-corrected chi connectivity index (χ0v) is 20.5. The Morgan fingerprint density at radius 3 is 2.48 bits per heavy atom. The van der Waals surface area contributed by atoms with Gasteiger partial charge in [-0.2, -0.15) is 0 Å². The Labute approximate surface area is 206 Å². The lowest BCUT2D eigenvalue weighted by Gasteiger charge is -2.26. The van der Waals surface area contributed by atoms with Crippen molar-refractivity contribution in [1.82, 2.24) is 10.2 Å². The molecule has 2 N–H and O–H groups in total. The van der Waals surface area contributed by atoms with E-state index in [0.717, 1.165) is 62.3 Å². The smallest absolute Gasteiger partial charge is 0.340 e. The largest absolute Gasteiger partial charge is 0.507 e. The van der Waals surface area contributed by atoms with Crippen molar-refractivity contribution in [1.29, 1.82) is 0 Å². The Kier molecular flexibility index (Phi) is 10.7. The number of aryl methyl sites for hydroxylation is 1. The maximum Gasteiger partial charge on any atom is 0.340 e. The molecule has 1 aromatic heterocycles. The lowest BCUT2D eigenvalue weighted by Crippen LogP contribution is -2.37. The number of morpholine rings is 1. The highest BCUT2D eigenvalue weighted by Gasteiger charge is 2.17. The van der Waals surface area contributed by atoms with Gasteiger partial charge in [0.05, 0.1) is 18.8 Å². The van der Waals surface area contributed by atoms with Crippen molar-refractivity contribution in [3.05, 3.63) is 75.1 Å². The third-order valence-corrected chi connectivity index (χ3v) is 5.99. The first-order valence-electron chi connectivity index (χ1n) is 11.0. The Morgan fingerprint density at radius 2 is 1.76 bits per heavy atom. The molecule has 1 aliphatic rings. The number of hydrogen-bond donors (Lipinski definition) is 2. The first kappa shape index (κ1) is 27.2. The summed E-state index contributed by atoms with van der Waals surface area (Å²) < 4.78 is 11.1. The van der Waals surface area contributed by atoms with Crippen LogP contribution in [-0.4, -0.2) is 49.4 Å². The lowest BCUT2D eigenvalue weighted by molar-refractivity contribution is 0.0374. The summed E-state index contributed by atoms with van der Waals surface area (Å²) in [5.74, 6) is 0.145. The predicted octanol–water partition coefficient (Wildman–Crippen LogP) is 4.05. The lowest BCUT2D eigenvalue weighted by atomic mass is 9.98. The Morgan fingerprint density at radius 1 is 1.03 bits per heavy atom. The van der Waals surface area contributed by atoms with Crippen molar-refractivity contribution in [3.8, 4) is 5.75 Å². The normalized spacial score (nSPS) is 14.0. The minimum absolute atomic E-state index is 0. The van der Waals surface area contributed by atoms with Crippen LogP contribution in [0.25, 0.3) is 11.0 Å². The summed E-state index contributed by atoms with van der Waals surface area (Å²) in [6, 6.07) is 13.4. The molecule has 180 valence electrons. The summed E-state index contributed by atoms with van der Waals surface area (Å²) in [7, 11) is 0. The van der Waals surface area contributed by atoms with Crippen LogP contribution in [0.2, 0.25) is 0 Å². The summed E-state index contributed by atoms with van der Waals surface area (Å²) in [5, 5.41) is 14.7. The SMILES string of the molecule is Cc1c(Cc2ccccc2)c(=O)oc2c(CNCCCN3CCOCC3)c(O)ccc12.Cl.Cl. The average Bonchev–Trinajstić information content (AvgIpc) is 2.79. The van der Waals surface area contributed by atoms with E-state index in [1.165, 1.54) is 0 Å². The van der Waals surface area contributed by atoms with Crippen molar-refractivity contribution in [2.45, 2.75) is 26.3 Å². The molecule has 1 aliphatic heterocycles. The number of benzene rings is 2. The monoisotopic (exact) mass is 494 g/mol. The van der Waals surface area contributed by atoms with E-state index >= 15 is 0 Å². The molecule has 0 unspecified atom stereocenters. The molecule has 2 heterocycles. The molecule has 0 spiro atoms. The van der Waals surface area contributed by atoms with Crippen LogP contribution in [0, 0.1) is 6.92 Å².